The maximum atomic E-state index is 15.2. The first kappa shape index (κ1) is 26.0. The predicted molar refractivity (Wildman–Crippen MR) is 124 cm³/mol. The number of sulfonamides is 1. The van der Waals surface area contributed by atoms with Crippen LogP contribution in [0.5, 0.6) is 0 Å². The Balaban J connectivity index is 2.29. The van der Waals surface area contributed by atoms with Crippen molar-refractivity contribution in [1.82, 2.24) is 9.29 Å². The lowest BCUT2D eigenvalue weighted by Crippen LogP contribution is -2.24. The van der Waals surface area contributed by atoms with Crippen LogP contribution in [-0.2, 0) is 27.6 Å². The molecule has 0 fully saturated rings. The molecule has 0 aliphatic rings. The highest BCUT2D eigenvalue weighted by atomic mass is 35.5. The number of halogens is 5. The Morgan fingerprint density at radius 2 is 1.94 bits per heavy atom. The van der Waals surface area contributed by atoms with Crippen molar-refractivity contribution in [3.63, 3.8) is 0 Å². The maximum Gasteiger partial charge on any atom is 0.419 e. The molecule has 34 heavy (non-hydrogen) atoms. The highest BCUT2D eigenvalue weighted by Gasteiger charge is 2.36. The third kappa shape index (κ3) is 5.37. The van der Waals surface area contributed by atoms with E-state index in [0.29, 0.717) is 39.7 Å². The molecule has 0 bridgehead atoms. The first-order chi connectivity index (χ1) is 15.9. The number of fused-ring (bicyclic) bond motifs is 1. The fraction of sp³-hybridized carbons (Fsp3) is 0.318. The SMILES string of the molecule is CON=Cc1ccc(Cl)c2c1c(-c1cccc(C(F)(F)F)c1F)c(C)n2CCCNS(C)(=O)=O. The van der Waals surface area contributed by atoms with E-state index in [1.807, 2.05) is 0 Å². The van der Waals surface area contributed by atoms with Crippen LogP contribution in [0.3, 0.4) is 0 Å². The molecule has 0 aliphatic carbocycles. The van der Waals surface area contributed by atoms with Gasteiger partial charge in [0.05, 0.1) is 28.6 Å². The van der Waals surface area contributed by atoms with Gasteiger partial charge in [-0.1, -0.05) is 35.0 Å². The van der Waals surface area contributed by atoms with Crippen molar-refractivity contribution in [2.75, 3.05) is 19.9 Å². The van der Waals surface area contributed by atoms with Crippen LogP contribution in [0.25, 0.3) is 22.0 Å². The number of benzene rings is 2. The molecule has 0 spiro atoms. The van der Waals surface area contributed by atoms with Crippen molar-refractivity contribution < 1.29 is 30.8 Å². The van der Waals surface area contributed by atoms with Crippen LogP contribution in [0.1, 0.15) is 23.2 Å². The van der Waals surface area contributed by atoms with E-state index in [4.69, 9.17) is 16.4 Å². The molecule has 0 aliphatic heterocycles. The summed E-state index contributed by atoms with van der Waals surface area (Å²) in [4.78, 5) is 4.75. The Labute approximate surface area is 199 Å². The summed E-state index contributed by atoms with van der Waals surface area (Å²) in [5.41, 5.74) is 0.00786. The molecule has 1 heterocycles. The molecule has 3 aromatic rings. The minimum atomic E-state index is -4.87. The van der Waals surface area contributed by atoms with E-state index in [9.17, 15) is 21.6 Å². The van der Waals surface area contributed by atoms with Crippen molar-refractivity contribution in [1.29, 1.82) is 0 Å². The first-order valence-electron chi connectivity index (χ1n) is 10.1. The Hall–Kier alpha value is -2.63. The molecule has 0 saturated carbocycles. The zero-order valence-corrected chi connectivity index (χ0v) is 20.1. The average molecular weight is 520 g/mol. The van der Waals surface area contributed by atoms with Crippen LogP contribution in [-0.4, -0.2) is 39.1 Å². The molecule has 184 valence electrons. The van der Waals surface area contributed by atoms with Gasteiger partial charge in [-0.05, 0) is 25.5 Å². The van der Waals surface area contributed by atoms with Gasteiger partial charge in [-0.3, -0.25) is 0 Å². The molecule has 1 N–H and O–H groups in total. The minimum Gasteiger partial charge on any atom is -0.399 e. The number of aromatic nitrogens is 1. The number of rotatable bonds is 8. The molecular formula is C22H22ClF4N3O3S. The minimum absolute atomic E-state index is 0.133. The van der Waals surface area contributed by atoms with Crippen LogP contribution in [0, 0.1) is 12.7 Å². The van der Waals surface area contributed by atoms with Gasteiger partial charge in [0.25, 0.3) is 0 Å². The van der Waals surface area contributed by atoms with Crippen molar-refractivity contribution >= 4 is 38.7 Å². The Kier molecular flexibility index (Phi) is 7.59. The summed E-state index contributed by atoms with van der Waals surface area (Å²) >= 11 is 6.49. The van der Waals surface area contributed by atoms with Gasteiger partial charge in [0.15, 0.2) is 0 Å². The van der Waals surface area contributed by atoms with Crippen LogP contribution in [0.15, 0.2) is 35.5 Å². The van der Waals surface area contributed by atoms with Gasteiger partial charge >= 0.3 is 6.18 Å². The van der Waals surface area contributed by atoms with E-state index in [2.05, 4.69) is 9.88 Å². The van der Waals surface area contributed by atoms with Gasteiger partial charge < -0.3 is 9.40 Å². The van der Waals surface area contributed by atoms with Crippen LogP contribution in [0.4, 0.5) is 17.6 Å². The smallest absolute Gasteiger partial charge is 0.399 e. The molecule has 12 heteroatoms. The van der Waals surface area contributed by atoms with Gasteiger partial charge in [-0.15, -0.1) is 0 Å². The molecule has 0 radical (unpaired) electrons. The van der Waals surface area contributed by atoms with Gasteiger partial charge in [-0.2, -0.15) is 13.2 Å². The summed E-state index contributed by atoms with van der Waals surface area (Å²) in [5, 5.41) is 4.45. The Bertz CT molecular complexity index is 1350. The summed E-state index contributed by atoms with van der Waals surface area (Å²) in [5.74, 6) is -1.40. The monoisotopic (exact) mass is 519 g/mol. The molecule has 0 atom stereocenters. The average Bonchev–Trinajstić information content (AvgIpc) is 3.02. The number of oxime groups is 1. The number of nitrogens with one attached hydrogen (secondary N) is 1. The first-order valence-corrected chi connectivity index (χ1v) is 12.3. The van der Waals surface area contributed by atoms with Crippen LogP contribution in [0.2, 0.25) is 5.02 Å². The van der Waals surface area contributed by atoms with E-state index in [1.165, 1.54) is 19.4 Å². The van der Waals surface area contributed by atoms with E-state index in [1.54, 1.807) is 23.6 Å². The summed E-state index contributed by atoms with van der Waals surface area (Å²) < 4.78 is 82.3. The van der Waals surface area contributed by atoms with Gasteiger partial charge in [0.2, 0.25) is 10.0 Å². The second kappa shape index (κ2) is 9.93. The Morgan fingerprint density at radius 3 is 2.56 bits per heavy atom. The molecule has 0 amide bonds. The lowest BCUT2D eigenvalue weighted by Gasteiger charge is -2.13. The third-order valence-electron chi connectivity index (χ3n) is 5.24. The topological polar surface area (TPSA) is 72.7 Å². The number of aryl methyl sites for hydroxylation is 1. The number of nitrogens with zero attached hydrogens (tertiary/aromatic N) is 2. The van der Waals surface area contributed by atoms with E-state index < -0.39 is 27.6 Å². The molecule has 0 saturated heterocycles. The fourth-order valence-corrected chi connectivity index (χ4v) is 4.63. The van der Waals surface area contributed by atoms with Gasteiger partial charge in [0.1, 0.15) is 12.9 Å². The lowest BCUT2D eigenvalue weighted by molar-refractivity contribution is -0.139. The normalized spacial score (nSPS) is 12.7. The number of hydrogen-bond donors (Lipinski definition) is 1. The van der Waals surface area contributed by atoms with Crippen LogP contribution < -0.4 is 4.72 Å². The van der Waals surface area contributed by atoms with Crippen LogP contribution >= 0.6 is 11.6 Å². The summed E-state index contributed by atoms with van der Waals surface area (Å²) in [6, 6.07) is 6.31. The van der Waals surface area contributed by atoms with Gasteiger partial charge in [-0.25, -0.2) is 17.5 Å². The third-order valence-corrected chi connectivity index (χ3v) is 6.27. The largest absolute Gasteiger partial charge is 0.419 e. The standard InChI is InChI=1S/C22H22ClF4N3O3S/c1-13-18(15-6-4-7-16(20(15)24)22(25,26)27)19-14(12-28-33-2)8-9-17(23)21(19)30(13)11-5-10-29-34(3,31)32/h4,6-9,12,29H,5,10-11H2,1-3H3. The zero-order chi connectivity index (χ0) is 25.3. The van der Waals surface area contributed by atoms with Crippen molar-refractivity contribution in [2.45, 2.75) is 26.1 Å². The summed E-state index contributed by atoms with van der Waals surface area (Å²) in [6.45, 7) is 2.05. The fourth-order valence-electron chi connectivity index (χ4n) is 3.86. The zero-order valence-electron chi connectivity index (χ0n) is 18.5. The molecule has 1 aromatic heterocycles. The quantitative estimate of drug-likeness (QED) is 0.189. The highest BCUT2D eigenvalue weighted by Crippen LogP contribution is 2.43. The summed E-state index contributed by atoms with van der Waals surface area (Å²) in [7, 11) is -2.06. The van der Waals surface area contributed by atoms with Gasteiger partial charge in [0, 0.05) is 40.9 Å². The predicted octanol–water partition coefficient (Wildman–Crippen LogP) is 5.35. The molecule has 0 unspecified atom stereocenters. The van der Waals surface area contributed by atoms with Crippen molar-refractivity contribution in [3.05, 3.63) is 58.0 Å². The highest BCUT2D eigenvalue weighted by molar-refractivity contribution is 7.88. The van der Waals surface area contributed by atoms with Crippen molar-refractivity contribution in [2.24, 2.45) is 5.16 Å². The Morgan fingerprint density at radius 1 is 1.24 bits per heavy atom. The number of hydrogen-bond acceptors (Lipinski definition) is 4. The van der Waals surface area contributed by atoms with E-state index in [-0.39, 0.29) is 24.2 Å². The number of alkyl halides is 3. The van der Waals surface area contributed by atoms with E-state index >= 15 is 4.39 Å². The van der Waals surface area contributed by atoms with Crippen molar-refractivity contribution in [3.8, 4) is 11.1 Å². The second-order valence-electron chi connectivity index (χ2n) is 7.57. The molecule has 2 aromatic carbocycles. The molecule has 6 nitrogen and oxygen atoms in total. The van der Waals surface area contributed by atoms with E-state index in [0.717, 1.165) is 12.3 Å². The summed E-state index contributed by atoms with van der Waals surface area (Å²) in [6.07, 6.45) is -2.12. The maximum absolute atomic E-state index is 15.2. The second-order valence-corrected chi connectivity index (χ2v) is 9.81. The molecule has 3 rings (SSSR count). The molecular weight excluding hydrogens is 498 g/mol. The lowest BCUT2D eigenvalue weighted by atomic mass is 9.96.